The minimum absolute atomic E-state index is 0.369. The molecule has 0 aliphatic heterocycles. The molecule has 1 amide bonds. The van der Waals surface area contributed by atoms with Crippen molar-refractivity contribution in [3.05, 3.63) is 0 Å². The summed E-state index contributed by atoms with van der Waals surface area (Å²) in [4.78, 5) is 10.5. The van der Waals surface area contributed by atoms with Crippen LogP contribution in [0.1, 0.15) is 6.92 Å². The minimum Gasteiger partial charge on any atom is -0.382 e. The fraction of sp³-hybridized carbons (Fsp3) is 0.875. The van der Waals surface area contributed by atoms with E-state index in [0.717, 1.165) is 0 Å². The van der Waals surface area contributed by atoms with E-state index in [1.165, 1.54) is 0 Å². The van der Waals surface area contributed by atoms with Gasteiger partial charge in [0.25, 0.3) is 0 Å². The number of methoxy groups -OCH3 is 1. The van der Waals surface area contributed by atoms with Crippen LogP contribution in [0.15, 0.2) is 0 Å². The summed E-state index contributed by atoms with van der Waals surface area (Å²) < 4.78 is 14.9. The smallest absolute Gasteiger partial charge is 0.246 e. The number of nitrogens with two attached hydrogens (primary N) is 1. The molecule has 0 rings (SSSR count). The Balaban J connectivity index is 3.11. The van der Waals surface area contributed by atoms with Crippen LogP contribution in [-0.4, -0.2) is 45.5 Å². The molecule has 0 bridgehead atoms. The number of rotatable bonds is 8. The molecule has 78 valence electrons. The largest absolute Gasteiger partial charge is 0.382 e. The van der Waals surface area contributed by atoms with Crippen molar-refractivity contribution < 1.29 is 19.0 Å². The second-order valence-electron chi connectivity index (χ2n) is 2.52. The quantitative estimate of drug-likeness (QED) is 0.527. The van der Waals surface area contributed by atoms with Gasteiger partial charge in [0.15, 0.2) is 0 Å². The molecule has 0 aliphatic rings. The monoisotopic (exact) mass is 191 g/mol. The zero-order valence-electron chi connectivity index (χ0n) is 8.12. The van der Waals surface area contributed by atoms with E-state index in [1.54, 1.807) is 14.0 Å². The van der Waals surface area contributed by atoms with Gasteiger partial charge in [-0.25, -0.2) is 0 Å². The SMILES string of the molecule is COCCOCCOC(C)C(N)=O. The lowest BCUT2D eigenvalue weighted by atomic mass is 10.4. The molecular formula is C8H17NO4. The molecule has 1 atom stereocenters. The Labute approximate surface area is 78.1 Å². The lowest BCUT2D eigenvalue weighted by molar-refractivity contribution is -0.129. The molecule has 2 N–H and O–H groups in total. The molecule has 0 radical (unpaired) electrons. The van der Waals surface area contributed by atoms with Crippen LogP contribution in [0.2, 0.25) is 0 Å². The van der Waals surface area contributed by atoms with E-state index < -0.39 is 12.0 Å². The summed E-state index contributed by atoms with van der Waals surface area (Å²) in [5, 5.41) is 0. The third kappa shape index (κ3) is 7.70. The zero-order chi connectivity index (χ0) is 10.1. The van der Waals surface area contributed by atoms with Crippen molar-refractivity contribution in [3.8, 4) is 0 Å². The van der Waals surface area contributed by atoms with Crippen molar-refractivity contribution in [2.75, 3.05) is 33.5 Å². The highest BCUT2D eigenvalue weighted by Crippen LogP contribution is 1.88. The van der Waals surface area contributed by atoms with Gasteiger partial charge in [0.2, 0.25) is 5.91 Å². The topological polar surface area (TPSA) is 70.8 Å². The minimum atomic E-state index is -0.550. The fourth-order valence-electron chi connectivity index (χ4n) is 0.610. The predicted octanol–water partition coefficient (Wildman–Crippen LogP) is -0.460. The highest BCUT2D eigenvalue weighted by atomic mass is 16.5. The van der Waals surface area contributed by atoms with Crippen molar-refractivity contribution in [2.24, 2.45) is 5.73 Å². The second-order valence-corrected chi connectivity index (χ2v) is 2.52. The highest BCUT2D eigenvalue weighted by molar-refractivity contribution is 5.78. The first-order valence-electron chi connectivity index (χ1n) is 4.16. The maximum Gasteiger partial charge on any atom is 0.246 e. The van der Waals surface area contributed by atoms with E-state index in [4.69, 9.17) is 19.9 Å². The molecule has 0 fully saturated rings. The fourth-order valence-corrected chi connectivity index (χ4v) is 0.610. The number of amides is 1. The van der Waals surface area contributed by atoms with Crippen molar-refractivity contribution in [3.63, 3.8) is 0 Å². The second kappa shape index (κ2) is 7.97. The number of hydrogen-bond acceptors (Lipinski definition) is 4. The molecule has 0 aromatic heterocycles. The Hall–Kier alpha value is -0.650. The van der Waals surface area contributed by atoms with E-state index >= 15 is 0 Å². The van der Waals surface area contributed by atoms with Crippen molar-refractivity contribution in [1.29, 1.82) is 0 Å². The van der Waals surface area contributed by atoms with E-state index in [1.807, 2.05) is 0 Å². The molecule has 13 heavy (non-hydrogen) atoms. The standard InChI is InChI=1S/C8H17NO4/c1-7(8(9)10)13-6-5-12-4-3-11-2/h7H,3-6H2,1-2H3,(H2,9,10). The van der Waals surface area contributed by atoms with Crippen LogP contribution in [0.3, 0.4) is 0 Å². The molecule has 0 spiro atoms. The van der Waals surface area contributed by atoms with Gasteiger partial charge in [-0.15, -0.1) is 0 Å². The Kier molecular flexibility index (Phi) is 7.57. The van der Waals surface area contributed by atoms with Crippen molar-refractivity contribution in [1.82, 2.24) is 0 Å². The van der Waals surface area contributed by atoms with Gasteiger partial charge in [-0.3, -0.25) is 4.79 Å². The average Bonchev–Trinajstić information content (AvgIpc) is 2.10. The normalized spacial score (nSPS) is 12.8. The third-order valence-corrected chi connectivity index (χ3v) is 1.43. The maximum atomic E-state index is 10.5. The summed E-state index contributed by atoms with van der Waals surface area (Å²) in [7, 11) is 1.61. The van der Waals surface area contributed by atoms with Gasteiger partial charge in [-0.05, 0) is 6.92 Å². The van der Waals surface area contributed by atoms with Crippen LogP contribution in [0, 0.1) is 0 Å². The predicted molar refractivity (Wildman–Crippen MR) is 47.3 cm³/mol. The number of ether oxygens (including phenoxy) is 3. The number of carbonyl (C=O) groups is 1. The van der Waals surface area contributed by atoms with E-state index in [-0.39, 0.29) is 0 Å². The van der Waals surface area contributed by atoms with Gasteiger partial charge in [-0.1, -0.05) is 0 Å². The first-order chi connectivity index (χ1) is 6.18. The van der Waals surface area contributed by atoms with Gasteiger partial charge in [0.1, 0.15) is 6.10 Å². The van der Waals surface area contributed by atoms with Gasteiger partial charge in [0, 0.05) is 7.11 Å². The van der Waals surface area contributed by atoms with E-state index in [9.17, 15) is 4.79 Å². The lowest BCUT2D eigenvalue weighted by Gasteiger charge is -2.09. The summed E-state index contributed by atoms with van der Waals surface area (Å²) in [6, 6.07) is 0. The van der Waals surface area contributed by atoms with E-state index in [0.29, 0.717) is 26.4 Å². The first kappa shape index (κ1) is 12.3. The van der Waals surface area contributed by atoms with Crippen LogP contribution >= 0.6 is 0 Å². The zero-order valence-corrected chi connectivity index (χ0v) is 8.12. The van der Waals surface area contributed by atoms with Gasteiger partial charge < -0.3 is 19.9 Å². The lowest BCUT2D eigenvalue weighted by Crippen LogP contribution is -2.29. The molecule has 1 unspecified atom stereocenters. The molecule has 0 saturated heterocycles. The highest BCUT2D eigenvalue weighted by Gasteiger charge is 2.07. The number of carbonyl (C=O) groups excluding carboxylic acids is 1. The molecule has 5 nitrogen and oxygen atoms in total. The van der Waals surface area contributed by atoms with Crippen LogP contribution in [0.25, 0.3) is 0 Å². The summed E-state index contributed by atoms with van der Waals surface area (Å²) in [5.41, 5.74) is 4.97. The summed E-state index contributed by atoms with van der Waals surface area (Å²) in [6.45, 7) is 3.52. The summed E-state index contributed by atoms with van der Waals surface area (Å²) >= 11 is 0. The van der Waals surface area contributed by atoms with Gasteiger partial charge in [0.05, 0.1) is 26.4 Å². The van der Waals surface area contributed by atoms with Crippen LogP contribution < -0.4 is 5.73 Å². The Morgan fingerprint density at radius 1 is 1.31 bits per heavy atom. The molecule has 0 heterocycles. The average molecular weight is 191 g/mol. The molecule has 0 aromatic carbocycles. The number of primary amides is 1. The van der Waals surface area contributed by atoms with Crippen LogP contribution in [-0.2, 0) is 19.0 Å². The van der Waals surface area contributed by atoms with Gasteiger partial charge >= 0.3 is 0 Å². The molecule has 0 saturated carbocycles. The first-order valence-corrected chi connectivity index (χ1v) is 4.16. The molecular weight excluding hydrogens is 174 g/mol. The Morgan fingerprint density at radius 2 is 1.92 bits per heavy atom. The molecule has 0 aromatic rings. The Morgan fingerprint density at radius 3 is 2.46 bits per heavy atom. The van der Waals surface area contributed by atoms with Crippen LogP contribution in [0.5, 0.6) is 0 Å². The molecule has 0 aliphatic carbocycles. The molecule has 5 heteroatoms. The van der Waals surface area contributed by atoms with Gasteiger partial charge in [-0.2, -0.15) is 0 Å². The summed E-state index contributed by atoms with van der Waals surface area (Å²) in [5.74, 6) is -0.461. The summed E-state index contributed by atoms with van der Waals surface area (Å²) in [6.07, 6.45) is -0.550. The maximum absolute atomic E-state index is 10.5. The van der Waals surface area contributed by atoms with E-state index in [2.05, 4.69) is 0 Å². The van der Waals surface area contributed by atoms with Crippen molar-refractivity contribution in [2.45, 2.75) is 13.0 Å². The van der Waals surface area contributed by atoms with Crippen molar-refractivity contribution >= 4 is 5.91 Å². The third-order valence-electron chi connectivity index (χ3n) is 1.43. The number of hydrogen-bond donors (Lipinski definition) is 1. The Bertz CT molecular complexity index is 140. The van der Waals surface area contributed by atoms with Crippen LogP contribution in [0.4, 0.5) is 0 Å².